The predicted octanol–water partition coefficient (Wildman–Crippen LogP) is 7.97. The zero-order chi connectivity index (χ0) is 49.6. The summed E-state index contributed by atoms with van der Waals surface area (Å²) in [5, 5.41) is 2.05. The Morgan fingerprint density at radius 2 is 0.986 bits per heavy atom. The molecule has 4 fully saturated rings. The number of hydrogen-bond donors (Lipinski definition) is 1. The van der Waals surface area contributed by atoms with E-state index in [9.17, 15) is 9.59 Å². The van der Waals surface area contributed by atoms with Gasteiger partial charge in [0.2, 0.25) is 0 Å². The van der Waals surface area contributed by atoms with Crippen LogP contribution < -0.4 is 9.80 Å². The first-order chi connectivity index (χ1) is 35.7. The molecule has 0 saturated carbocycles. The number of amides is 2. The number of rotatable bonds is 11. The first kappa shape index (κ1) is 46.7. The lowest BCUT2D eigenvalue weighted by atomic mass is 10.0. The van der Waals surface area contributed by atoms with Gasteiger partial charge in [0, 0.05) is 172 Å². The Balaban J connectivity index is 0.718. The topological polar surface area (TPSA) is 113 Å². The summed E-state index contributed by atoms with van der Waals surface area (Å²) in [6.45, 7) is 12.9. The minimum absolute atomic E-state index is 0.0108. The number of likely N-dealkylation sites (N-methyl/N-ethyl adjacent to an activating group) is 3. The van der Waals surface area contributed by atoms with E-state index >= 15 is 0 Å². The maximum atomic E-state index is 13.8. The van der Waals surface area contributed by atoms with Crippen molar-refractivity contribution >= 4 is 45.3 Å². The first-order valence-electron chi connectivity index (χ1n) is 25.8. The van der Waals surface area contributed by atoms with E-state index in [1.165, 1.54) is 11.4 Å². The Labute approximate surface area is 427 Å². The Bertz CT molecular complexity index is 3250. The summed E-state index contributed by atoms with van der Waals surface area (Å²) in [5.74, 6) is 0.0592. The summed E-state index contributed by atoms with van der Waals surface area (Å²) in [5.41, 5.74) is 13.9. The molecular weight excluding hydrogens is 911 g/mol. The van der Waals surface area contributed by atoms with Crippen molar-refractivity contribution in [2.24, 2.45) is 0 Å². The zero-order valence-electron chi connectivity index (χ0n) is 42.1. The molecule has 2 amide bonds. The van der Waals surface area contributed by atoms with Gasteiger partial charge < -0.3 is 48.6 Å². The van der Waals surface area contributed by atoms with Gasteiger partial charge in [0.05, 0.1) is 6.10 Å². The maximum absolute atomic E-state index is 13.8. The van der Waals surface area contributed by atoms with Gasteiger partial charge in [0.1, 0.15) is 18.0 Å². The number of aromatic amines is 1. The highest BCUT2D eigenvalue weighted by Crippen LogP contribution is 2.36. The lowest BCUT2D eigenvalue weighted by molar-refractivity contribution is -0.0677. The summed E-state index contributed by atoms with van der Waals surface area (Å²) in [6.07, 6.45) is 7.87. The van der Waals surface area contributed by atoms with Crippen LogP contribution in [0.3, 0.4) is 0 Å². The number of ether oxygens (including phenoxy) is 1. The smallest absolute Gasteiger partial charge is 0.254 e. The quantitative estimate of drug-likeness (QED) is 0.137. The second-order valence-corrected chi connectivity index (χ2v) is 20.5. The Morgan fingerprint density at radius 3 is 1.53 bits per heavy atom. The number of piperazine rings is 3. The fraction of sp³-hybridized carbons (Fsp3) is 0.322. The Hall–Kier alpha value is -7.36. The molecular formula is C59H63N11O3. The summed E-state index contributed by atoms with van der Waals surface area (Å²) in [4.78, 5) is 56.1. The summed E-state index contributed by atoms with van der Waals surface area (Å²) in [6, 6.07) is 37.9. The molecule has 1 N–H and O–H groups in total. The molecule has 4 saturated heterocycles. The number of aromatic nitrogens is 4. The van der Waals surface area contributed by atoms with Crippen LogP contribution in [-0.2, 0) is 11.5 Å². The van der Waals surface area contributed by atoms with Crippen LogP contribution in [0, 0.1) is 0 Å². The number of nitrogens with zero attached hydrogens (tertiary/aromatic N) is 10. The molecule has 0 spiro atoms. The SMILES string of the molecule is CN1CCN(C(=O)c2ccc(-c3cn(COC4CN(C(=O)c5ccc(-c6c[nH]c7ncc(-c8ccc(N9CCN(C)CC9)cc8)cc67)cc5)C4)c4ncc(-c5ccc(N6CCN(C)CC6)cc5)cc34)cc2)CC1. The lowest BCUT2D eigenvalue weighted by Crippen LogP contribution is -2.54. The van der Waals surface area contributed by atoms with E-state index in [0.29, 0.717) is 24.2 Å². The van der Waals surface area contributed by atoms with Gasteiger partial charge in [0.25, 0.3) is 11.8 Å². The number of hydrogen-bond acceptors (Lipinski definition) is 10. The van der Waals surface area contributed by atoms with Crippen molar-refractivity contribution in [1.82, 2.24) is 44.0 Å². The lowest BCUT2D eigenvalue weighted by Gasteiger charge is -2.39. The van der Waals surface area contributed by atoms with Crippen molar-refractivity contribution in [3.63, 3.8) is 0 Å². The van der Waals surface area contributed by atoms with Crippen LogP contribution in [0.5, 0.6) is 0 Å². The maximum Gasteiger partial charge on any atom is 0.254 e. The molecule has 12 rings (SSSR count). The summed E-state index contributed by atoms with van der Waals surface area (Å²) in [7, 11) is 6.46. The van der Waals surface area contributed by atoms with Crippen LogP contribution in [0.4, 0.5) is 11.4 Å². The van der Waals surface area contributed by atoms with E-state index in [2.05, 4.69) is 122 Å². The van der Waals surface area contributed by atoms with Gasteiger partial charge >= 0.3 is 0 Å². The minimum atomic E-state index is -0.113. The third kappa shape index (κ3) is 9.59. The van der Waals surface area contributed by atoms with Crippen LogP contribution in [0.15, 0.2) is 134 Å². The van der Waals surface area contributed by atoms with Gasteiger partial charge in [-0.3, -0.25) is 9.59 Å². The third-order valence-corrected chi connectivity index (χ3v) is 15.6. The van der Waals surface area contributed by atoms with Crippen molar-refractivity contribution in [1.29, 1.82) is 0 Å². The van der Waals surface area contributed by atoms with E-state index in [0.717, 1.165) is 145 Å². The molecule has 0 unspecified atom stereocenters. The number of H-pyrrole nitrogens is 1. The molecule has 4 aliphatic rings. The number of benzene rings is 4. The standard InChI is InChI=1S/C59H63N11O3/c1-63-20-26-66(27-21-63)49-16-12-41(13-17-49)47-32-52-54(36-61-56(52)60-34-47)43-4-8-46(9-5-43)59(72)69-37-51(38-69)73-40-70-39-55(44-6-10-45(11-7-44)58(71)68-30-24-65(3)25-31-68)53-33-48(35-62-57(53)70)42-14-18-50(19-15-42)67-28-22-64(2)23-29-67/h4-19,32-36,39,51H,20-31,37-38,40H2,1-3H3,(H,60,61). The largest absolute Gasteiger partial charge is 0.369 e. The fourth-order valence-electron chi connectivity index (χ4n) is 10.8. The highest BCUT2D eigenvalue weighted by Gasteiger charge is 2.32. The molecule has 372 valence electrons. The molecule has 0 atom stereocenters. The average Bonchev–Trinajstić information content (AvgIpc) is 4.02. The van der Waals surface area contributed by atoms with E-state index < -0.39 is 0 Å². The number of carbonyl (C=O) groups excluding carboxylic acids is 2. The second-order valence-electron chi connectivity index (χ2n) is 20.5. The number of pyridine rings is 2. The monoisotopic (exact) mass is 974 g/mol. The molecule has 4 aromatic heterocycles. The van der Waals surface area contributed by atoms with E-state index in [-0.39, 0.29) is 24.6 Å². The zero-order valence-corrected chi connectivity index (χ0v) is 42.1. The van der Waals surface area contributed by atoms with Crippen molar-refractivity contribution in [3.05, 3.63) is 145 Å². The molecule has 0 bridgehead atoms. The van der Waals surface area contributed by atoms with Crippen LogP contribution in [0.25, 0.3) is 66.6 Å². The van der Waals surface area contributed by atoms with E-state index in [1.807, 2.05) is 76.9 Å². The number of carbonyl (C=O) groups is 2. The van der Waals surface area contributed by atoms with Gasteiger partial charge in [-0.1, -0.05) is 48.5 Å². The number of fused-ring (bicyclic) bond motifs is 2. The molecule has 4 aliphatic heterocycles. The van der Waals surface area contributed by atoms with Crippen LogP contribution >= 0.6 is 0 Å². The molecule has 14 heteroatoms. The number of likely N-dealkylation sites (tertiary alicyclic amines) is 1. The summed E-state index contributed by atoms with van der Waals surface area (Å²) < 4.78 is 8.56. The van der Waals surface area contributed by atoms with Gasteiger partial charge in [0.15, 0.2) is 0 Å². The number of anilines is 2. The molecule has 4 aromatic carbocycles. The Morgan fingerprint density at radius 1 is 0.521 bits per heavy atom. The van der Waals surface area contributed by atoms with Gasteiger partial charge in [-0.15, -0.1) is 0 Å². The normalized spacial score (nSPS) is 17.5. The highest BCUT2D eigenvalue weighted by molar-refractivity contribution is 6.00. The van der Waals surface area contributed by atoms with Crippen molar-refractivity contribution in [2.45, 2.75) is 12.8 Å². The van der Waals surface area contributed by atoms with Crippen molar-refractivity contribution < 1.29 is 14.3 Å². The van der Waals surface area contributed by atoms with Crippen LogP contribution in [-0.4, -0.2) is 175 Å². The molecule has 8 heterocycles. The molecule has 73 heavy (non-hydrogen) atoms. The molecule has 0 radical (unpaired) electrons. The van der Waals surface area contributed by atoms with Gasteiger partial charge in [-0.05, 0) is 104 Å². The van der Waals surface area contributed by atoms with E-state index in [1.54, 1.807) is 0 Å². The van der Waals surface area contributed by atoms with E-state index in [4.69, 9.17) is 14.7 Å². The predicted molar refractivity (Wildman–Crippen MR) is 291 cm³/mol. The molecule has 14 nitrogen and oxygen atoms in total. The van der Waals surface area contributed by atoms with Gasteiger partial charge in [-0.25, -0.2) is 9.97 Å². The first-order valence-corrected chi connectivity index (χ1v) is 25.8. The van der Waals surface area contributed by atoms with Gasteiger partial charge in [-0.2, -0.15) is 0 Å². The average molecular weight is 974 g/mol. The molecule has 8 aromatic rings. The Kier molecular flexibility index (Phi) is 12.7. The summed E-state index contributed by atoms with van der Waals surface area (Å²) >= 11 is 0. The van der Waals surface area contributed by atoms with Crippen molar-refractivity contribution in [3.8, 4) is 44.5 Å². The van der Waals surface area contributed by atoms with Crippen LogP contribution in [0.1, 0.15) is 20.7 Å². The van der Waals surface area contributed by atoms with Crippen LogP contribution in [0.2, 0.25) is 0 Å². The highest BCUT2D eigenvalue weighted by atomic mass is 16.5. The van der Waals surface area contributed by atoms with Crippen molar-refractivity contribution in [2.75, 3.05) is 123 Å². The third-order valence-electron chi connectivity index (χ3n) is 15.6. The fourth-order valence-corrected chi connectivity index (χ4v) is 10.8. The second kappa shape index (κ2) is 19.9. The molecule has 0 aliphatic carbocycles. The minimum Gasteiger partial charge on any atom is -0.369 e. The number of nitrogens with one attached hydrogen (secondary N) is 1.